The van der Waals surface area contributed by atoms with Crippen LogP contribution >= 0.6 is 0 Å². The average molecular weight is 314 g/mol. The van der Waals surface area contributed by atoms with Gasteiger partial charge in [-0.05, 0) is 31.9 Å². The van der Waals surface area contributed by atoms with E-state index < -0.39 is 6.04 Å². The standard InChI is InChI=1S/C15H18N6O2/c1-10-4-5-12(21-17-6-7-18-21)11(9-10)15(23)20-8-2-3-13(20)14(22)19-16/h4-7,9,13H,2-3,8,16H2,1H3,(H,19,22). The van der Waals surface area contributed by atoms with Gasteiger partial charge < -0.3 is 4.90 Å². The van der Waals surface area contributed by atoms with Crippen LogP contribution < -0.4 is 11.3 Å². The summed E-state index contributed by atoms with van der Waals surface area (Å²) >= 11 is 0. The van der Waals surface area contributed by atoms with Crippen LogP contribution in [0.15, 0.2) is 30.6 Å². The third kappa shape index (κ3) is 2.80. The molecule has 0 saturated carbocycles. The van der Waals surface area contributed by atoms with E-state index in [2.05, 4.69) is 15.6 Å². The minimum Gasteiger partial charge on any atom is -0.326 e. The zero-order valence-electron chi connectivity index (χ0n) is 12.8. The summed E-state index contributed by atoms with van der Waals surface area (Å²) in [6.45, 7) is 2.43. The second-order valence-electron chi connectivity index (χ2n) is 5.50. The van der Waals surface area contributed by atoms with Crippen molar-refractivity contribution in [3.05, 3.63) is 41.7 Å². The second-order valence-corrected chi connectivity index (χ2v) is 5.50. The molecule has 1 aromatic heterocycles. The van der Waals surface area contributed by atoms with E-state index in [0.717, 1.165) is 12.0 Å². The van der Waals surface area contributed by atoms with Gasteiger partial charge in [0.1, 0.15) is 6.04 Å². The molecule has 2 heterocycles. The van der Waals surface area contributed by atoms with Gasteiger partial charge in [-0.1, -0.05) is 11.6 Å². The normalized spacial score (nSPS) is 17.3. The van der Waals surface area contributed by atoms with Gasteiger partial charge in [0.2, 0.25) is 0 Å². The van der Waals surface area contributed by atoms with Crippen molar-refractivity contribution >= 4 is 11.8 Å². The van der Waals surface area contributed by atoms with E-state index in [1.54, 1.807) is 29.4 Å². The monoisotopic (exact) mass is 314 g/mol. The molecule has 1 saturated heterocycles. The summed E-state index contributed by atoms with van der Waals surface area (Å²) in [5.41, 5.74) is 4.14. The first-order chi connectivity index (χ1) is 11.1. The lowest BCUT2D eigenvalue weighted by Gasteiger charge is -2.24. The lowest BCUT2D eigenvalue weighted by Crippen LogP contribution is -2.48. The number of benzene rings is 1. The van der Waals surface area contributed by atoms with E-state index >= 15 is 0 Å². The first kappa shape index (κ1) is 15.2. The number of aromatic nitrogens is 3. The van der Waals surface area contributed by atoms with Crippen molar-refractivity contribution in [2.45, 2.75) is 25.8 Å². The Balaban J connectivity index is 1.99. The molecule has 1 fully saturated rings. The number of nitrogens with zero attached hydrogens (tertiary/aromatic N) is 4. The predicted octanol–water partition coefficient (Wildman–Crippen LogP) is 0.170. The minimum absolute atomic E-state index is 0.216. The quantitative estimate of drug-likeness (QED) is 0.477. The Hall–Kier alpha value is -2.74. The molecular formula is C15H18N6O2. The van der Waals surface area contributed by atoms with E-state index in [0.29, 0.717) is 24.2 Å². The summed E-state index contributed by atoms with van der Waals surface area (Å²) in [6.07, 6.45) is 4.48. The van der Waals surface area contributed by atoms with Gasteiger partial charge in [-0.2, -0.15) is 15.0 Å². The molecule has 2 amide bonds. The molecule has 2 aromatic rings. The van der Waals surface area contributed by atoms with Crippen molar-refractivity contribution in [3.63, 3.8) is 0 Å². The number of carbonyl (C=O) groups is 2. The molecule has 1 atom stereocenters. The maximum atomic E-state index is 13.0. The van der Waals surface area contributed by atoms with E-state index in [1.165, 1.54) is 4.80 Å². The van der Waals surface area contributed by atoms with E-state index in [9.17, 15) is 9.59 Å². The van der Waals surface area contributed by atoms with Gasteiger partial charge >= 0.3 is 0 Å². The van der Waals surface area contributed by atoms with Crippen molar-refractivity contribution in [2.24, 2.45) is 5.84 Å². The number of amides is 2. The van der Waals surface area contributed by atoms with Gasteiger partial charge in [0.05, 0.1) is 23.6 Å². The predicted molar refractivity (Wildman–Crippen MR) is 82.5 cm³/mol. The number of rotatable bonds is 3. The molecule has 23 heavy (non-hydrogen) atoms. The molecular weight excluding hydrogens is 296 g/mol. The zero-order valence-corrected chi connectivity index (χ0v) is 12.8. The highest BCUT2D eigenvalue weighted by molar-refractivity contribution is 6.00. The van der Waals surface area contributed by atoms with Crippen molar-refractivity contribution in [3.8, 4) is 5.69 Å². The van der Waals surface area contributed by atoms with Crippen LogP contribution in [0.25, 0.3) is 5.69 Å². The fourth-order valence-corrected chi connectivity index (χ4v) is 2.87. The Morgan fingerprint density at radius 1 is 1.30 bits per heavy atom. The molecule has 1 aliphatic heterocycles. The van der Waals surface area contributed by atoms with E-state index in [1.807, 2.05) is 13.0 Å². The topological polar surface area (TPSA) is 106 Å². The van der Waals surface area contributed by atoms with Crippen LogP contribution in [-0.2, 0) is 4.79 Å². The molecule has 0 spiro atoms. The van der Waals surface area contributed by atoms with Crippen LogP contribution in [-0.4, -0.2) is 44.3 Å². The molecule has 0 bridgehead atoms. The summed E-state index contributed by atoms with van der Waals surface area (Å²) in [5.74, 6) is 4.66. The van der Waals surface area contributed by atoms with Crippen LogP contribution in [0.3, 0.4) is 0 Å². The Morgan fingerprint density at radius 2 is 2.04 bits per heavy atom. The maximum Gasteiger partial charge on any atom is 0.256 e. The van der Waals surface area contributed by atoms with Crippen LogP contribution in [0.5, 0.6) is 0 Å². The number of hydrogen-bond acceptors (Lipinski definition) is 5. The van der Waals surface area contributed by atoms with E-state index in [4.69, 9.17) is 5.84 Å². The number of aryl methyl sites for hydroxylation is 1. The average Bonchev–Trinajstić information content (AvgIpc) is 3.24. The summed E-state index contributed by atoms with van der Waals surface area (Å²) in [4.78, 5) is 27.8. The molecule has 120 valence electrons. The maximum absolute atomic E-state index is 13.0. The smallest absolute Gasteiger partial charge is 0.256 e. The minimum atomic E-state index is -0.536. The molecule has 1 unspecified atom stereocenters. The van der Waals surface area contributed by atoms with Crippen molar-refractivity contribution in [2.75, 3.05) is 6.54 Å². The zero-order chi connectivity index (χ0) is 16.4. The molecule has 0 aliphatic carbocycles. The first-order valence-corrected chi connectivity index (χ1v) is 7.40. The van der Waals surface area contributed by atoms with Crippen LogP contribution in [0.2, 0.25) is 0 Å². The number of hydrazine groups is 1. The Bertz CT molecular complexity index is 728. The number of nitrogens with one attached hydrogen (secondary N) is 1. The summed E-state index contributed by atoms with van der Waals surface area (Å²) in [6, 6.07) is 4.95. The van der Waals surface area contributed by atoms with Crippen molar-refractivity contribution < 1.29 is 9.59 Å². The van der Waals surface area contributed by atoms with Crippen LogP contribution in [0.1, 0.15) is 28.8 Å². The summed E-state index contributed by atoms with van der Waals surface area (Å²) < 4.78 is 0. The summed E-state index contributed by atoms with van der Waals surface area (Å²) in [7, 11) is 0. The van der Waals surface area contributed by atoms with Crippen molar-refractivity contribution in [1.82, 2.24) is 25.3 Å². The number of hydrogen-bond donors (Lipinski definition) is 2. The van der Waals surface area contributed by atoms with Crippen molar-refractivity contribution in [1.29, 1.82) is 0 Å². The van der Waals surface area contributed by atoms with Gasteiger partial charge in [0.25, 0.3) is 11.8 Å². The van der Waals surface area contributed by atoms with Gasteiger partial charge in [0, 0.05) is 6.54 Å². The third-order valence-corrected chi connectivity index (χ3v) is 3.98. The van der Waals surface area contributed by atoms with Gasteiger partial charge in [-0.15, -0.1) is 0 Å². The van der Waals surface area contributed by atoms with Gasteiger partial charge in [-0.3, -0.25) is 15.0 Å². The van der Waals surface area contributed by atoms with Crippen LogP contribution in [0, 0.1) is 6.92 Å². The lowest BCUT2D eigenvalue weighted by atomic mass is 10.1. The Labute approximate surface area is 133 Å². The number of carbonyl (C=O) groups excluding carboxylic acids is 2. The highest BCUT2D eigenvalue weighted by Gasteiger charge is 2.35. The second kappa shape index (κ2) is 6.17. The highest BCUT2D eigenvalue weighted by Crippen LogP contribution is 2.23. The fraction of sp³-hybridized carbons (Fsp3) is 0.333. The molecule has 0 radical (unpaired) electrons. The molecule has 3 rings (SSSR count). The lowest BCUT2D eigenvalue weighted by molar-refractivity contribution is -0.124. The Kier molecular flexibility index (Phi) is 4.07. The molecule has 1 aliphatic rings. The molecule has 8 nitrogen and oxygen atoms in total. The van der Waals surface area contributed by atoms with Crippen LogP contribution in [0.4, 0.5) is 0 Å². The molecule has 3 N–H and O–H groups in total. The molecule has 8 heteroatoms. The fourth-order valence-electron chi connectivity index (χ4n) is 2.87. The molecule has 1 aromatic carbocycles. The highest BCUT2D eigenvalue weighted by atomic mass is 16.2. The SMILES string of the molecule is Cc1ccc(-n2nccn2)c(C(=O)N2CCCC2C(=O)NN)c1. The van der Waals surface area contributed by atoms with E-state index in [-0.39, 0.29) is 11.8 Å². The number of nitrogens with two attached hydrogens (primary N) is 1. The summed E-state index contributed by atoms with van der Waals surface area (Å²) in [5, 5.41) is 8.18. The third-order valence-electron chi connectivity index (χ3n) is 3.98. The first-order valence-electron chi connectivity index (χ1n) is 7.40. The largest absolute Gasteiger partial charge is 0.326 e. The Morgan fingerprint density at radius 3 is 2.74 bits per heavy atom. The number of likely N-dealkylation sites (tertiary alicyclic amines) is 1. The van der Waals surface area contributed by atoms with Gasteiger partial charge in [0.15, 0.2) is 0 Å². The van der Waals surface area contributed by atoms with Gasteiger partial charge in [-0.25, -0.2) is 5.84 Å².